The van der Waals surface area contributed by atoms with Gasteiger partial charge in [-0.05, 0) is 31.2 Å². The first-order chi connectivity index (χ1) is 11.1. The number of nitrogens with two attached hydrogens (primary N) is 1. The molecule has 0 amide bonds. The molecule has 0 aliphatic rings. The summed E-state index contributed by atoms with van der Waals surface area (Å²) in [6, 6.07) is 9.45. The highest BCUT2D eigenvalue weighted by Crippen LogP contribution is 2.34. The lowest BCUT2D eigenvalue weighted by atomic mass is 10.2. The number of benzene rings is 1. The number of aromatic nitrogens is 4. The number of hydrogen-bond acceptors (Lipinski definition) is 5. The Kier molecular flexibility index (Phi) is 3.06. The fraction of sp³-hybridized carbons (Fsp3) is 0.0625. The molecule has 0 spiro atoms. The number of pyridine rings is 1. The molecule has 0 aliphatic carbocycles. The van der Waals surface area contributed by atoms with Crippen molar-refractivity contribution < 1.29 is 4.52 Å². The third kappa shape index (κ3) is 2.33. The molecule has 4 aromatic rings. The van der Waals surface area contributed by atoms with E-state index >= 15 is 0 Å². The second-order valence-electron chi connectivity index (χ2n) is 5.26. The Bertz CT molecular complexity index is 1020. The zero-order valence-corrected chi connectivity index (χ0v) is 12.9. The number of aryl methyl sites for hydroxylation is 1. The van der Waals surface area contributed by atoms with E-state index in [0.29, 0.717) is 28.2 Å². The van der Waals surface area contributed by atoms with Crippen LogP contribution in [0.1, 0.15) is 5.56 Å². The third-order valence-electron chi connectivity index (χ3n) is 3.57. The summed E-state index contributed by atoms with van der Waals surface area (Å²) in [5.74, 6) is 1.15. The highest BCUT2D eigenvalue weighted by molar-refractivity contribution is 6.38. The van der Waals surface area contributed by atoms with Gasteiger partial charge in [0, 0.05) is 22.7 Å². The molecule has 0 atom stereocenters. The number of halogens is 1. The topological polar surface area (TPSA) is 93.6 Å². The summed E-state index contributed by atoms with van der Waals surface area (Å²) in [4.78, 5) is 11.6. The molecule has 23 heavy (non-hydrogen) atoms. The Morgan fingerprint density at radius 2 is 2.09 bits per heavy atom. The average molecular weight is 326 g/mol. The highest BCUT2D eigenvalue weighted by atomic mass is 35.5. The van der Waals surface area contributed by atoms with Gasteiger partial charge in [-0.3, -0.25) is 0 Å². The van der Waals surface area contributed by atoms with Gasteiger partial charge in [-0.15, -0.1) is 0 Å². The summed E-state index contributed by atoms with van der Waals surface area (Å²) in [7, 11) is 0. The van der Waals surface area contributed by atoms with Crippen LogP contribution in [0, 0.1) is 6.92 Å². The SMILES string of the molecule is Cc1ccc2[nH]c(-c3nc(-c4ccnc(N)c4)no3)c(Cl)c2c1. The summed E-state index contributed by atoms with van der Waals surface area (Å²) >= 11 is 6.46. The van der Waals surface area contributed by atoms with Gasteiger partial charge in [0.05, 0.1) is 5.02 Å². The smallest absolute Gasteiger partial charge is 0.276 e. The Morgan fingerprint density at radius 3 is 2.91 bits per heavy atom. The summed E-state index contributed by atoms with van der Waals surface area (Å²) in [5.41, 5.74) is 9.06. The van der Waals surface area contributed by atoms with Crippen LogP contribution in [0.3, 0.4) is 0 Å². The van der Waals surface area contributed by atoms with Crippen molar-refractivity contribution in [2.24, 2.45) is 0 Å². The zero-order chi connectivity index (χ0) is 16.0. The standard InChI is InChI=1S/C16H12ClN5O/c1-8-2-3-11-10(6-8)13(17)14(20-11)16-21-15(22-23-16)9-4-5-19-12(18)7-9/h2-7,20H,1H3,(H2,18,19). The van der Waals surface area contributed by atoms with Gasteiger partial charge in [-0.25, -0.2) is 4.98 Å². The van der Waals surface area contributed by atoms with Gasteiger partial charge < -0.3 is 15.2 Å². The molecule has 3 N–H and O–H groups in total. The number of H-pyrrole nitrogens is 1. The van der Waals surface area contributed by atoms with E-state index < -0.39 is 0 Å². The van der Waals surface area contributed by atoms with E-state index in [1.165, 1.54) is 0 Å². The first-order valence-electron chi connectivity index (χ1n) is 6.95. The van der Waals surface area contributed by atoms with Crippen LogP contribution in [-0.2, 0) is 0 Å². The third-order valence-corrected chi connectivity index (χ3v) is 3.96. The van der Waals surface area contributed by atoms with Gasteiger partial charge in [0.2, 0.25) is 5.82 Å². The predicted octanol–water partition coefficient (Wildman–Crippen LogP) is 3.82. The molecule has 3 heterocycles. The van der Waals surface area contributed by atoms with Crippen molar-refractivity contribution in [1.82, 2.24) is 20.1 Å². The fourth-order valence-electron chi connectivity index (χ4n) is 2.45. The molecule has 0 aliphatic heterocycles. The number of nitrogens with zero attached hydrogens (tertiary/aromatic N) is 3. The number of aromatic amines is 1. The predicted molar refractivity (Wildman–Crippen MR) is 89.0 cm³/mol. The zero-order valence-electron chi connectivity index (χ0n) is 12.2. The van der Waals surface area contributed by atoms with Gasteiger partial charge in [0.1, 0.15) is 11.5 Å². The maximum Gasteiger partial charge on any atom is 0.276 e. The molecule has 6 nitrogen and oxygen atoms in total. The van der Waals surface area contributed by atoms with E-state index in [0.717, 1.165) is 22.0 Å². The van der Waals surface area contributed by atoms with Crippen molar-refractivity contribution in [3.63, 3.8) is 0 Å². The minimum Gasteiger partial charge on any atom is -0.384 e. The van der Waals surface area contributed by atoms with Crippen LogP contribution in [0.25, 0.3) is 33.9 Å². The van der Waals surface area contributed by atoms with E-state index in [1.54, 1.807) is 18.3 Å². The Labute approximate surface area is 136 Å². The number of rotatable bonds is 2. The average Bonchev–Trinajstić information content (AvgIpc) is 3.13. The maximum atomic E-state index is 6.46. The second kappa shape index (κ2) is 5.10. The van der Waals surface area contributed by atoms with E-state index in [-0.39, 0.29) is 0 Å². The molecular formula is C16H12ClN5O. The summed E-state index contributed by atoms with van der Waals surface area (Å²) in [5, 5.41) is 5.47. The van der Waals surface area contributed by atoms with E-state index in [9.17, 15) is 0 Å². The molecule has 7 heteroatoms. The van der Waals surface area contributed by atoms with Gasteiger partial charge in [-0.1, -0.05) is 28.4 Å². The van der Waals surface area contributed by atoms with Crippen molar-refractivity contribution in [3.8, 4) is 23.0 Å². The van der Waals surface area contributed by atoms with Gasteiger partial charge in [0.25, 0.3) is 5.89 Å². The fourth-order valence-corrected chi connectivity index (χ4v) is 2.73. The number of nitrogen functional groups attached to an aromatic ring is 1. The molecule has 0 fully saturated rings. The Morgan fingerprint density at radius 1 is 1.22 bits per heavy atom. The van der Waals surface area contributed by atoms with Crippen molar-refractivity contribution in [2.45, 2.75) is 6.92 Å². The molecule has 114 valence electrons. The highest BCUT2D eigenvalue weighted by Gasteiger charge is 2.18. The lowest BCUT2D eigenvalue weighted by Gasteiger charge is -1.94. The molecule has 1 aromatic carbocycles. The van der Waals surface area contributed by atoms with Gasteiger partial charge in [-0.2, -0.15) is 4.98 Å². The molecule has 3 aromatic heterocycles. The molecular weight excluding hydrogens is 314 g/mol. The summed E-state index contributed by atoms with van der Waals surface area (Å²) in [6.07, 6.45) is 1.60. The van der Waals surface area contributed by atoms with E-state index in [4.69, 9.17) is 21.9 Å². The van der Waals surface area contributed by atoms with Crippen LogP contribution >= 0.6 is 11.6 Å². The van der Waals surface area contributed by atoms with E-state index in [2.05, 4.69) is 20.1 Å². The molecule has 4 rings (SSSR count). The number of hydrogen-bond donors (Lipinski definition) is 2. The first-order valence-corrected chi connectivity index (χ1v) is 7.33. The van der Waals surface area contributed by atoms with Crippen LogP contribution in [0.15, 0.2) is 41.1 Å². The van der Waals surface area contributed by atoms with Crippen molar-refractivity contribution in [3.05, 3.63) is 47.1 Å². The summed E-state index contributed by atoms with van der Waals surface area (Å²) in [6.45, 7) is 2.01. The molecule has 0 radical (unpaired) electrons. The minimum atomic E-state index is 0.328. The molecule has 0 unspecified atom stereocenters. The quantitative estimate of drug-likeness (QED) is 0.584. The van der Waals surface area contributed by atoms with E-state index in [1.807, 2.05) is 25.1 Å². The van der Waals surface area contributed by atoms with Crippen molar-refractivity contribution in [2.75, 3.05) is 5.73 Å². The van der Waals surface area contributed by atoms with Crippen molar-refractivity contribution >= 4 is 28.3 Å². The number of anilines is 1. The number of fused-ring (bicyclic) bond motifs is 1. The molecule has 0 saturated heterocycles. The van der Waals surface area contributed by atoms with Crippen LogP contribution in [-0.4, -0.2) is 20.1 Å². The maximum absolute atomic E-state index is 6.46. The van der Waals surface area contributed by atoms with Crippen LogP contribution in [0.4, 0.5) is 5.82 Å². The molecule has 0 saturated carbocycles. The van der Waals surface area contributed by atoms with Gasteiger partial charge >= 0.3 is 0 Å². The largest absolute Gasteiger partial charge is 0.384 e. The summed E-state index contributed by atoms with van der Waals surface area (Å²) < 4.78 is 5.35. The lowest BCUT2D eigenvalue weighted by Crippen LogP contribution is -1.90. The van der Waals surface area contributed by atoms with Gasteiger partial charge in [0.15, 0.2) is 0 Å². The van der Waals surface area contributed by atoms with Crippen LogP contribution in [0.2, 0.25) is 5.02 Å². The van der Waals surface area contributed by atoms with Crippen molar-refractivity contribution in [1.29, 1.82) is 0 Å². The van der Waals surface area contributed by atoms with Crippen LogP contribution in [0.5, 0.6) is 0 Å². The Hall–Kier alpha value is -2.86. The lowest BCUT2D eigenvalue weighted by molar-refractivity contribution is 0.431. The normalized spacial score (nSPS) is 11.2. The second-order valence-corrected chi connectivity index (χ2v) is 5.63. The number of nitrogens with one attached hydrogen (secondary N) is 1. The minimum absolute atomic E-state index is 0.328. The van der Waals surface area contributed by atoms with Crippen LogP contribution < -0.4 is 5.73 Å². The Balaban J connectivity index is 1.82. The molecule has 0 bridgehead atoms. The monoisotopic (exact) mass is 325 g/mol. The first kappa shape index (κ1) is 13.8.